The van der Waals surface area contributed by atoms with Crippen LogP contribution in [0.2, 0.25) is 0 Å². The van der Waals surface area contributed by atoms with Crippen molar-refractivity contribution in [3.8, 4) is 0 Å². The first-order valence-electron chi connectivity index (χ1n) is 8.43. The minimum atomic E-state index is -0.814. The lowest BCUT2D eigenvalue weighted by Gasteiger charge is -2.29. The zero-order valence-electron chi connectivity index (χ0n) is 15.5. The SMILES string of the molecule is Cc1cc(C)c(N2C(=O)NC(=O)/C(=C/c3ccc([N+](=O)[O-])cc3)C2=O)c(C)c1. The average molecular weight is 379 g/mol. The van der Waals surface area contributed by atoms with E-state index in [-0.39, 0.29) is 11.3 Å². The second-order valence-electron chi connectivity index (χ2n) is 6.55. The maximum atomic E-state index is 13.0. The Balaban J connectivity index is 2.04. The number of urea groups is 1. The van der Waals surface area contributed by atoms with Crippen LogP contribution in [-0.4, -0.2) is 22.8 Å². The van der Waals surface area contributed by atoms with E-state index >= 15 is 0 Å². The van der Waals surface area contributed by atoms with E-state index in [1.165, 1.54) is 30.3 Å². The van der Waals surface area contributed by atoms with Gasteiger partial charge < -0.3 is 0 Å². The fourth-order valence-corrected chi connectivity index (χ4v) is 3.24. The molecule has 8 heteroatoms. The normalized spacial score (nSPS) is 15.8. The highest BCUT2D eigenvalue weighted by Gasteiger charge is 2.38. The summed E-state index contributed by atoms with van der Waals surface area (Å²) in [6, 6.07) is 8.27. The van der Waals surface area contributed by atoms with Crippen molar-refractivity contribution in [1.29, 1.82) is 0 Å². The van der Waals surface area contributed by atoms with Crippen molar-refractivity contribution in [2.24, 2.45) is 0 Å². The lowest BCUT2D eigenvalue weighted by atomic mass is 10.0. The largest absolute Gasteiger partial charge is 0.335 e. The molecule has 3 rings (SSSR count). The maximum absolute atomic E-state index is 13.0. The third-order valence-corrected chi connectivity index (χ3v) is 4.38. The Labute approximate surface area is 160 Å². The molecule has 2 aromatic rings. The van der Waals surface area contributed by atoms with Crippen LogP contribution < -0.4 is 10.2 Å². The number of amides is 4. The van der Waals surface area contributed by atoms with Crippen LogP contribution in [0.15, 0.2) is 42.0 Å². The summed E-state index contributed by atoms with van der Waals surface area (Å²) in [6.07, 6.45) is 1.31. The number of non-ortho nitro benzene ring substituents is 1. The topological polar surface area (TPSA) is 110 Å². The predicted octanol–water partition coefficient (Wildman–Crippen LogP) is 3.19. The Hall–Kier alpha value is -3.81. The molecule has 0 saturated carbocycles. The molecule has 28 heavy (non-hydrogen) atoms. The molecule has 2 aromatic carbocycles. The molecule has 4 amide bonds. The number of nitrogens with one attached hydrogen (secondary N) is 1. The fraction of sp³-hybridized carbons (Fsp3) is 0.150. The molecular formula is C20H17N3O5. The summed E-state index contributed by atoms with van der Waals surface area (Å²) >= 11 is 0. The molecule has 0 bridgehead atoms. The number of hydrogen-bond donors (Lipinski definition) is 1. The van der Waals surface area contributed by atoms with Crippen LogP contribution in [0.1, 0.15) is 22.3 Å². The molecule has 0 spiro atoms. The van der Waals surface area contributed by atoms with E-state index in [2.05, 4.69) is 5.32 Å². The van der Waals surface area contributed by atoms with E-state index < -0.39 is 22.8 Å². The molecule has 1 fully saturated rings. The summed E-state index contributed by atoms with van der Waals surface area (Å²) in [5.74, 6) is -1.56. The van der Waals surface area contributed by atoms with E-state index in [1.807, 2.05) is 19.1 Å². The van der Waals surface area contributed by atoms with E-state index in [0.717, 1.165) is 21.6 Å². The standard InChI is InChI=1S/C20H17N3O5/c1-11-8-12(2)17(13(3)9-11)22-19(25)16(18(24)21-20(22)26)10-14-4-6-15(7-5-14)23(27)28/h4-10H,1-3H3,(H,21,24,26)/b16-10-. The van der Waals surface area contributed by atoms with E-state index in [9.17, 15) is 24.5 Å². The molecule has 0 aliphatic carbocycles. The molecule has 8 nitrogen and oxygen atoms in total. The van der Waals surface area contributed by atoms with Gasteiger partial charge in [0.15, 0.2) is 0 Å². The van der Waals surface area contributed by atoms with Gasteiger partial charge in [-0.3, -0.25) is 25.0 Å². The number of nitrogens with zero attached hydrogens (tertiary/aromatic N) is 2. The highest BCUT2D eigenvalue weighted by atomic mass is 16.6. The second-order valence-corrected chi connectivity index (χ2v) is 6.55. The predicted molar refractivity (Wildman–Crippen MR) is 103 cm³/mol. The van der Waals surface area contributed by atoms with Gasteiger partial charge in [-0.25, -0.2) is 9.69 Å². The van der Waals surface area contributed by atoms with E-state index in [1.54, 1.807) is 13.8 Å². The molecule has 1 N–H and O–H groups in total. The van der Waals surface area contributed by atoms with Gasteiger partial charge in [0.05, 0.1) is 10.6 Å². The number of carbonyl (C=O) groups excluding carboxylic acids is 3. The second kappa shape index (κ2) is 7.07. The monoisotopic (exact) mass is 379 g/mol. The van der Waals surface area contributed by atoms with Crippen LogP contribution in [0.25, 0.3) is 6.08 Å². The Morgan fingerprint density at radius 1 is 1.00 bits per heavy atom. The Kier molecular flexibility index (Phi) is 4.79. The highest BCUT2D eigenvalue weighted by Crippen LogP contribution is 2.29. The smallest absolute Gasteiger partial charge is 0.273 e. The van der Waals surface area contributed by atoms with Gasteiger partial charge in [0, 0.05) is 12.1 Å². The number of nitro groups is 1. The van der Waals surface area contributed by atoms with Crippen molar-refractivity contribution >= 4 is 35.3 Å². The van der Waals surface area contributed by atoms with Crippen molar-refractivity contribution in [3.63, 3.8) is 0 Å². The van der Waals surface area contributed by atoms with Crippen LogP contribution in [0.3, 0.4) is 0 Å². The molecule has 0 unspecified atom stereocenters. The first-order valence-corrected chi connectivity index (χ1v) is 8.43. The summed E-state index contributed by atoms with van der Waals surface area (Å²) in [7, 11) is 0. The minimum absolute atomic E-state index is 0.107. The summed E-state index contributed by atoms with van der Waals surface area (Å²) in [5.41, 5.74) is 2.96. The molecule has 1 aliphatic heterocycles. The molecule has 0 radical (unpaired) electrons. The van der Waals surface area contributed by atoms with Crippen molar-refractivity contribution in [2.75, 3.05) is 4.90 Å². The number of rotatable bonds is 3. The first-order chi connectivity index (χ1) is 13.2. The lowest BCUT2D eigenvalue weighted by Crippen LogP contribution is -2.54. The van der Waals surface area contributed by atoms with Crippen molar-refractivity contribution in [1.82, 2.24) is 5.32 Å². The number of anilines is 1. The number of carbonyl (C=O) groups is 3. The Morgan fingerprint density at radius 3 is 2.11 bits per heavy atom. The summed E-state index contributed by atoms with van der Waals surface area (Å²) < 4.78 is 0. The van der Waals surface area contributed by atoms with Crippen LogP contribution in [0, 0.1) is 30.9 Å². The van der Waals surface area contributed by atoms with Gasteiger partial charge in [0.2, 0.25) is 0 Å². The number of aryl methyl sites for hydroxylation is 3. The zero-order chi connectivity index (χ0) is 20.6. The number of hydrogen-bond acceptors (Lipinski definition) is 5. The molecule has 1 heterocycles. The summed E-state index contributed by atoms with van der Waals surface area (Å²) in [5, 5.41) is 12.9. The molecule has 1 aliphatic rings. The highest BCUT2D eigenvalue weighted by molar-refractivity contribution is 6.39. The van der Waals surface area contributed by atoms with Gasteiger partial charge >= 0.3 is 6.03 Å². The molecule has 142 valence electrons. The van der Waals surface area contributed by atoms with Gasteiger partial charge in [0.25, 0.3) is 17.5 Å². The lowest BCUT2D eigenvalue weighted by molar-refractivity contribution is -0.384. The van der Waals surface area contributed by atoms with E-state index in [4.69, 9.17) is 0 Å². The van der Waals surface area contributed by atoms with Gasteiger partial charge in [-0.2, -0.15) is 0 Å². The van der Waals surface area contributed by atoms with Gasteiger partial charge in [-0.05, 0) is 55.7 Å². The van der Waals surface area contributed by atoms with Gasteiger partial charge in [-0.1, -0.05) is 17.7 Å². The molecule has 0 aromatic heterocycles. The molecular weight excluding hydrogens is 362 g/mol. The molecule has 0 atom stereocenters. The fourth-order valence-electron chi connectivity index (χ4n) is 3.24. The molecule has 1 saturated heterocycles. The van der Waals surface area contributed by atoms with Crippen molar-refractivity contribution in [2.45, 2.75) is 20.8 Å². The van der Waals surface area contributed by atoms with Crippen LogP contribution in [0.5, 0.6) is 0 Å². The third kappa shape index (κ3) is 3.39. The number of barbiturate groups is 1. The number of benzene rings is 2. The minimum Gasteiger partial charge on any atom is -0.273 e. The summed E-state index contributed by atoms with van der Waals surface area (Å²) in [4.78, 5) is 48.8. The van der Waals surface area contributed by atoms with Crippen LogP contribution in [0.4, 0.5) is 16.2 Å². The maximum Gasteiger partial charge on any atom is 0.335 e. The first kappa shape index (κ1) is 19.0. The Bertz CT molecular complexity index is 1030. The van der Waals surface area contributed by atoms with Gasteiger partial charge in [-0.15, -0.1) is 0 Å². The third-order valence-electron chi connectivity index (χ3n) is 4.38. The zero-order valence-corrected chi connectivity index (χ0v) is 15.5. The van der Waals surface area contributed by atoms with Crippen LogP contribution >= 0.6 is 0 Å². The van der Waals surface area contributed by atoms with Crippen molar-refractivity contribution in [3.05, 3.63) is 74.3 Å². The average Bonchev–Trinajstić information content (AvgIpc) is 2.61. The number of imide groups is 2. The quantitative estimate of drug-likeness (QED) is 0.381. The Morgan fingerprint density at radius 2 is 1.57 bits per heavy atom. The number of nitro benzene ring substituents is 1. The van der Waals surface area contributed by atoms with Crippen molar-refractivity contribution < 1.29 is 19.3 Å². The van der Waals surface area contributed by atoms with Gasteiger partial charge in [0.1, 0.15) is 5.57 Å². The summed E-state index contributed by atoms with van der Waals surface area (Å²) in [6.45, 7) is 5.48. The van der Waals surface area contributed by atoms with E-state index in [0.29, 0.717) is 11.3 Å². The van der Waals surface area contributed by atoms with Crippen LogP contribution in [-0.2, 0) is 9.59 Å².